The first-order valence-electron chi connectivity index (χ1n) is 9.69. The number of nitrogens with zero attached hydrogens (tertiary/aromatic N) is 5. The third-order valence-corrected chi connectivity index (χ3v) is 4.88. The normalized spacial score (nSPS) is 11.8. The molecule has 1 aromatic carbocycles. The van der Waals surface area contributed by atoms with Crippen LogP contribution < -0.4 is 0 Å². The van der Waals surface area contributed by atoms with Crippen LogP contribution in [0.25, 0.3) is 17.1 Å². The lowest BCUT2D eigenvalue weighted by Crippen LogP contribution is -2.11. The van der Waals surface area contributed by atoms with E-state index in [1.54, 1.807) is 19.9 Å². The number of benzene rings is 1. The van der Waals surface area contributed by atoms with Crippen LogP contribution in [-0.4, -0.2) is 30.7 Å². The molecule has 11 heteroatoms. The van der Waals surface area contributed by atoms with Gasteiger partial charge in [-0.15, -0.1) is 5.10 Å². The van der Waals surface area contributed by atoms with E-state index in [9.17, 15) is 18.0 Å². The number of carbonyl (C=O) groups excluding carboxylic acids is 1. The Morgan fingerprint density at radius 1 is 1.16 bits per heavy atom. The molecule has 0 aliphatic heterocycles. The van der Waals surface area contributed by atoms with E-state index in [0.717, 1.165) is 10.1 Å². The molecule has 8 nitrogen and oxygen atoms in total. The van der Waals surface area contributed by atoms with Gasteiger partial charge < -0.3 is 9.26 Å². The van der Waals surface area contributed by atoms with Crippen LogP contribution in [0.4, 0.5) is 13.2 Å². The SMILES string of the molecule is Cc1nc2nc(C(F)(F)F)nn2c(C)c1CCC(=O)OCc1cc(-c2ccccc2)on1. The maximum Gasteiger partial charge on any atom is 0.453 e. The minimum atomic E-state index is -4.67. The van der Waals surface area contributed by atoms with Crippen LogP contribution in [0.2, 0.25) is 0 Å². The summed E-state index contributed by atoms with van der Waals surface area (Å²) in [5, 5.41) is 7.39. The molecule has 0 unspecified atom stereocenters. The van der Waals surface area contributed by atoms with Crippen LogP contribution in [0.15, 0.2) is 40.9 Å². The Bertz CT molecular complexity index is 1270. The monoisotopic (exact) mass is 445 g/mol. The summed E-state index contributed by atoms with van der Waals surface area (Å²) in [5.41, 5.74) is 2.85. The molecule has 3 aromatic heterocycles. The number of hydrogen-bond acceptors (Lipinski definition) is 7. The van der Waals surface area contributed by atoms with E-state index in [-0.39, 0.29) is 25.2 Å². The van der Waals surface area contributed by atoms with Gasteiger partial charge in [0.1, 0.15) is 12.3 Å². The van der Waals surface area contributed by atoms with Crippen molar-refractivity contribution < 1.29 is 27.2 Å². The van der Waals surface area contributed by atoms with Gasteiger partial charge in [-0.3, -0.25) is 4.79 Å². The molecular weight excluding hydrogens is 427 g/mol. The van der Waals surface area contributed by atoms with Crippen LogP contribution in [-0.2, 0) is 28.7 Å². The summed E-state index contributed by atoms with van der Waals surface area (Å²) in [6.45, 7) is 3.20. The number of alkyl halides is 3. The van der Waals surface area contributed by atoms with Crippen molar-refractivity contribution in [1.82, 2.24) is 24.7 Å². The van der Waals surface area contributed by atoms with Crippen molar-refractivity contribution in [3.63, 3.8) is 0 Å². The van der Waals surface area contributed by atoms with E-state index >= 15 is 0 Å². The molecule has 0 aliphatic carbocycles. The smallest absolute Gasteiger partial charge is 0.453 e. The highest BCUT2D eigenvalue weighted by atomic mass is 19.4. The molecule has 166 valence electrons. The Kier molecular flexibility index (Phi) is 5.64. The second-order valence-corrected chi connectivity index (χ2v) is 7.12. The number of ether oxygens (including phenoxy) is 1. The van der Waals surface area contributed by atoms with Crippen LogP contribution in [0.3, 0.4) is 0 Å². The summed E-state index contributed by atoms with van der Waals surface area (Å²) in [5.74, 6) is -1.32. The number of esters is 1. The average molecular weight is 445 g/mol. The molecule has 0 spiro atoms. The molecule has 0 fully saturated rings. The topological polar surface area (TPSA) is 95.4 Å². The minimum Gasteiger partial charge on any atom is -0.459 e. The van der Waals surface area contributed by atoms with Gasteiger partial charge in [-0.2, -0.15) is 18.2 Å². The Labute approximate surface area is 180 Å². The standard InChI is InChI=1S/C21H18F3N5O3/c1-12-16(13(2)29-20(25-12)26-19(27-29)21(22,23)24)8-9-18(30)31-11-15-10-17(32-28-15)14-6-4-3-5-7-14/h3-7,10H,8-9,11H2,1-2H3. The van der Waals surface area contributed by atoms with Crippen molar-refractivity contribution in [2.75, 3.05) is 0 Å². The summed E-state index contributed by atoms with van der Waals surface area (Å²) in [7, 11) is 0. The van der Waals surface area contributed by atoms with Crippen LogP contribution in [0.5, 0.6) is 0 Å². The summed E-state index contributed by atoms with van der Waals surface area (Å²) in [6.07, 6.45) is -4.42. The molecule has 32 heavy (non-hydrogen) atoms. The molecule has 0 aliphatic rings. The zero-order chi connectivity index (χ0) is 22.9. The van der Waals surface area contributed by atoms with Crippen LogP contribution in [0, 0.1) is 13.8 Å². The Morgan fingerprint density at radius 3 is 2.62 bits per heavy atom. The van der Waals surface area contributed by atoms with Crippen molar-refractivity contribution in [3.05, 3.63) is 64.9 Å². The number of aromatic nitrogens is 5. The molecule has 4 aromatic rings. The van der Waals surface area contributed by atoms with E-state index in [4.69, 9.17) is 9.26 Å². The lowest BCUT2D eigenvalue weighted by Gasteiger charge is -2.10. The Hall–Kier alpha value is -3.76. The summed E-state index contributed by atoms with van der Waals surface area (Å²) >= 11 is 0. The number of halogens is 3. The van der Waals surface area contributed by atoms with E-state index in [1.165, 1.54) is 0 Å². The number of hydrogen-bond donors (Lipinski definition) is 0. The minimum absolute atomic E-state index is 0.0130. The Morgan fingerprint density at radius 2 is 1.91 bits per heavy atom. The fourth-order valence-electron chi connectivity index (χ4n) is 3.26. The largest absolute Gasteiger partial charge is 0.459 e. The van der Waals surface area contributed by atoms with E-state index in [0.29, 0.717) is 28.4 Å². The number of aryl methyl sites for hydroxylation is 2. The highest BCUT2D eigenvalue weighted by Gasteiger charge is 2.37. The van der Waals surface area contributed by atoms with Crippen molar-refractivity contribution in [1.29, 1.82) is 0 Å². The molecule has 0 bridgehead atoms. The fraction of sp³-hybridized carbons (Fsp3) is 0.286. The maximum absolute atomic E-state index is 12.9. The molecule has 0 radical (unpaired) electrons. The first-order chi connectivity index (χ1) is 15.2. The van der Waals surface area contributed by atoms with Gasteiger partial charge in [-0.05, 0) is 25.8 Å². The van der Waals surface area contributed by atoms with E-state index in [2.05, 4.69) is 20.2 Å². The van der Waals surface area contributed by atoms with Gasteiger partial charge in [0.05, 0.1) is 0 Å². The second-order valence-electron chi connectivity index (χ2n) is 7.12. The third-order valence-electron chi connectivity index (χ3n) is 4.88. The first kappa shape index (κ1) is 21.5. The second kappa shape index (κ2) is 8.40. The predicted molar refractivity (Wildman–Crippen MR) is 105 cm³/mol. The van der Waals surface area contributed by atoms with Crippen LogP contribution >= 0.6 is 0 Å². The number of carbonyl (C=O) groups is 1. The molecule has 4 rings (SSSR count). The average Bonchev–Trinajstić information content (AvgIpc) is 3.40. The van der Waals surface area contributed by atoms with E-state index in [1.807, 2.05) is 30.3 Å². The zero-order valence-electron chi connectivity index (χ0n) is 17.2. The Balaban J connectivity index is 1.39. The lowest BCUT2D eigenvalue weighted by molar-refractivity contribution is -0.145. The highest BCUT2D eigenvalue weighted by molar-refractivity contribution is 5.70. The lowest BCUT2D eigenvalue weighted by atomic mass is 10.1. The third kappa shape index (κ3) is 4.46. The summed E-state index contributed by atoms with van der Waals surface area (Å²) in [6, 6.07) is 11.1. The molecule has 0 amide bonds. The van der Waals surface area contributed by atoms with Crippen molar-refractivity contribution in [3.8, 4) is 11.3 Å². The molecule has 0 atom stereocenters. The number of fused-ring (bicyclic) bond motifs is 1. The molecule has 0 N–H and O–H groups in total. The predicted octanol–water partition coefficient (Wildman–Crippen LogP) is 4.09. The maximum atomic E-state index is 12.9. The van der Waals surface area contributed by atoms with Gasteiger partial charge in [0.2, 0.25) is 0 Å². The molecule has 0 saturated carbocycles. The zero-order valence-corrected chi connectivity index (χ0v) is 17.2. The van der Waals surface area contributed by atoms with Crippen LogP contribution in [0.1, 0.15) is 34.9 Å². The van der Waals surface area contributed by atoms with Gasteiger partial charge >= 0.3 is 12.1 Å². The van der Waals surface area contributed by atoms with Crippen molar-refractivity contribution in [2.45, 2.75) is 39.5 Å². The van der Waals surface area contributed by atoms with Gasteiger partial charge in [-0.25, -0.2) is 9.50 Å². The molecule has 0 saturated heterocycles. The van der Waals surface area contributed by atoms with Gasteiger partial charge in [0, 0.05) is 29.4 Å². The van der Waals surface area contributed by atoms with Gasteiger partial charge in [0.25, 0.3) is 11.6 Å². The molecule has 3 heterocycles. The molecular formula is C21H18F3N5O3. The summed E-state index contributed by atoms with van der Waals surface area (Å²) < 4.78 is 50.2. The van der Waals surface area contributed by atoms with Crippen molar-refractivity contribution in [2.24, 2.45) is 0 Å². The van der Waals surface area contributed by atoms with Crippen molar-refractivity contribution >= 4 is 11.7 Å². The van der Waals surface area contributed by atoms with Gasteiger partial charge in [-0.1, -0.05) is 35.5 Å². The van der Waals surface area contributed by atoms with Gasteiger partial charge in [0.15, 0.2) is 5.76 Å². The quantitative estimate of drug-likeness (QED) is 0.413. The first-order valence-corrected chi connectivity index (χ1v) is 9.69. The summed E-state index contributed by atoms with van der Waals surface area (Å²) in [4.78, 5) is 19.7. The fourth-order valence-corrected chi connectivity index (χ4v) is 3.26. The highest BCUT2D eigenvalue weighted by Crippen LogP contribution is 2.27. The number of rotatable bonds is 6. The van der Waals surface area contributed by atoms with E-state index < -0.39 is 18.0 Å².